The molecule has 3 N–H and O–H groups in total. The average molecular weight is 226 g/mol. The monoisotopic (exact) mass is 226 g/mol. The number of nitrogens with two attached hydrogens (primary N) is 1. The standard InChI is InChI=1S/C15H18N2/c1-11-6-3-4-9-14(11)15(17-2)12-7-5-8-13(16)10-12/h3-10,15,17H,16H2,1-2H3. The first-order valence-corrected chi connectivity index (χ1v) is 5.80. The molecule has 1 atom stereocenters. The maximum atomic E-state index is 5.84. The first kappa shape index (κ1) is 11.7. The van der Waals surface area contributed by atoms with E-state index in [9.17, 15) is 0 Å². The molecule has 88 valence electrons. The van der Waals surface area contributed by atoms with E-state index in [1.54, 1.807) is 0 Å². The molecule has 2 aromatic rings. The van der Waals surface area contributed by atoms with Gasteiger partial charge in [-0.05, 0) is 42.8 Å². The van der Waals surface area contributed by atoms with Crippen LogP contribution in [0.25, 0.3) is 0 Å². The van der Waals surface area contributed by atoms with E-state index in [4.69, 9.17) is 5.73 Å². The summed E-state index contributed by atoms with van der Waals surface area (Å²) in [4.78, 5) is 0. The van der Waals surface area contributed by atoms with Crippen LogP contribution in [-0.4, -0.2) is 7.05 Å². The van der Waals surface area contributed by atoms with E-state index in [0.29, 0.717) is 0 Å². The Labute approximate surface area is 102 Å². The summed E-state index contributed by atoms with van der Waals surface area (Å²) in [6.07, 6.45) is 0. The average Bonchev–Trinajstić information content (AvgIpc) is 2.33. The number of hydrogen-bond donors (Lipinski definition) is 2. The lowest BCUT2D eigenvalue weighted by molar-refractivity contribution is 0.688. The number of nitrogen functional groups attached to an aromatic ring is 1. The van der Waals surface area contributed by atoms with Crippen LogP contribution in [0.1, 0.15) is 22.7 Å². The number of benzene rings is 2. The van der Waals surface area contributed by atoms with Gasteiger partial charge in [-0.2, -0.15) is 0 Å². The van der Waals surface area contributed by atoms with Crippen molar-refractivity contribution in [1.29, 1.82) is 0 Å². The van der Waals surface area contributed by atoms with Crippen LogP contribution in [0, 0.1) is 6.92 Å². The first-order chi connectivity index (χ1) is 8.22. The Kier molecular flexibility index (Phi) is 3.45. The van der Waals surface area contributed by atoms with Crippen molar-refractivity contribution in [1.82, 2.24) is 5.32 Å². The van der Waals surface area contributed by atoms with Crippen LogP contribution < -0.4 is 11.1 Å². The molecule has 0 amide bonds. The Morgan fingerprint density at radius 3 is 2.47 bits per heavy atom. The highest BCUT2D eigenvalue weighted by atomic mass is 14.9. The van der Waals surface area contributed by atoms with Gasteiger partial charge in [-0.1, -0.05) is 36.4 Å². The third-order valence-corrected chi connectivity index (χ3v) is 3.03. The minimum Gasteiger partial charge on any atom is -0.399 e. The molecule has 0 fully saturated rings. The number of rotatable bonds is 3. The molecule has 2 rings (SSSR count). The molecule has 0 aliphatic carbocycles. The predicted molar refractivity (Wildman–Crippen MR) is 72.9 cm³/mol. The predicted octanol–water partition coefficient (Wildman–Crippen LogP) is 2.89. The molecular weight excluding hydrogens is 208 g/mol. The molecule has 2 nitrogen and oxygen atoms in total. The van der Waals surface area contributed by atoms with Gasteiger partial charge < -0.3 is 11.1 Å². The molecule has 0 saturated heterocycles. The quantitative estimate of drug-likeness (QED) is 0.790. The molecule has 0 saturated carbocycles. The summed E-state index contributed by atoms with van der Waals surface area (Å²) in [6.45, 7) is 2.13. The molecule has 0 bridgehead atoms. The SMILES string of the molecule is CNC(c1cccc(N)c1)c1ccccc1C. The molecule has 17 heavy (non-hydrogen) atoms. The molecule has 0 aliphatic rings. The molecule has 0 aliphatic heterocycles. The summed E-state index contributed by atoms with van der Waals surface area (Å²) in [6, 6.07) is 16.6. The van der Waals surface area contributed by atoms with E-state index >= 15 is 0 Å². The second kappa shape index (κ2) is 5.02. The summed E-state index contributed by atoms with van der Waals surface area (Å²) in [5, 5.41) is 3.35. The molecule has 0 radical (unpaired) electrons. The topological polar surface area (TPSA) is 38.0 Å². The van der Waals surface area contributed by atoms with E-state index < -0.39 is 0 Å². The lowest BCUT2D eigenvalue weighted by Crippen LogP contribution is -2.18. The highest BCUT2D eigenvalue weighted by Gasteiger charge is 2.13. The lowest BCUT2D eigenvalue weighted by atomic mass is 9.95. The summed E-state index contributed by atoms with van der Waals surface area (Å²) in [5.74, 6) is 0. The highest BCUT2D eigenvalue weighted by molar-refractivity contribution is 5.45. The summed E-state index contributed by atoms with van der Waals surface area (Å²) < 4.78 is 0. The van der Waals surface area contributed by atoms with Gasteiger partial charge in [0.25, 0.3) is 0 Å². The van der Waals surface area contributed by atoms with Crippen LogP contribution in [0.5, 0.6) is 0 Å². The van der Waals surface area contributed by atoms with Crippen LogP contribution in [0.15, 0.2) is 48.5 Å². The van der Waals surface area contributed by atoms with Gasteiger partial charge in [0.15, 0.2) is 0 Å². The van der Waals surface area contributed by atoms with Crippen LogP contribution in [0.4, 0.5) is 5.69 Å². The van der Waals surface area contributed by atoms with Gasteiger partial charge in [0.2, 0.25) is 0 Å². The molecule has 2 heteroatoms. The van der Waals surface area contributed by atoms with Gasteiger partial charge in [-0.25, -0.2) is 0 Å². The summed E-state index contributed by atoms with van der Waals surface area (Å²) >= 11 is 0. The van der Waals surface area contributed by atoms with Gasteiger partial charge in [0, 0.05) is 5.69 Å². The Bertz CT molecular complexity index is 506. The fourth-order valence-electron chi connectivity index (χ4n) is 2.15. The Balaban J connectivity index is 2.44. The zero-order chi connectivity index (χ0) is 12.3. The van der Waals surface area contributed by atoms with Gasteiger partial charge in [-0.15, -0.1) is 0 Å². The van der Waals surface area contributed by atoms with E-state index in [-0.39, 0.29) is 6.04 Å². The second-order valence-corrected chi connectivity index (χ2v) is 4.25. The fraction of sp³-hybridized carbons (Fsp3) is 0.200. The summed E-state index contributed by atoms with van der Waals surface area (Å²) in [7, 11) is 1.97. The van der Waals surface area contributed by atoms with Crippen molar-refractivity contribution in [2.75, 3.05) is 12.8 Å². The first-order valence-electron chi connectivity index (χ1n) is 5.80. The molecule has 0 spiro atoms. The molecular formula is C15H18N2. The third-order valence-electron chi connectivity index (χ3n) is 3.03. The van der Waals surface area contributed by atoms with Crippen LogP contribution in [0.3, 0.4) is 0 Å². The number of nitrogens with one attached hydrogen (secondary N) is 1. The van der Waals surface area contributed by atoms with E-state index in [1.165, 1.54) is 16.7 Å². The largest absolute Gasteiger partial charge is 0.399 e. The molecule has 0 heterocycles. The van der Waals surface area contributed by atoms with Crippen molar-refractivity contribution in [3.8, 4) is 0 Å². The maximum absolute atomic E-state index is 5.84. The van der Waals surface area contributed by atoms with E-state index in [1.807, 2.05) is 25.2 Å². The maximum Gasteiger partial charge on any atom is 0.0577 e. The number of hydrogen-bond acceptors (Lipinski definition) is 2. The minimum atomic E-state index is 0.194. The van der Waals surface area contributed by atoms with E-state index in [2.05, 4.69) is 42.6 Å². The molecule has 2 aromatic carbocycles. The Hall–Kier alpha value is -1.80. The van der Waals surface area contributed by atoms with Crippen molar-refractivity contribution in [3.63, 3.8) is 0 Å². The van der Waals surface area contributed by atoms with Gasteiger partial charge in [0.05, 0.1) is 6.04 Å². The Morgan fingerprint density at radius 2 is 1.82 bits per heavy atom. The molecule has 0 aromatic heterocycles. The van der Waals surface area contributed by atoms with Crippen LogP contribution in [0.2, 0.25) is 0 Å². The molecule has 1 unspecified atom stereocenters. The van der Waals surface area contributed by atoms with Gasteiger partial charge in [0.1, 0.15) is 0 Å². The fourth-order valence-corrected chi connectivity index (χ4v) is 2.15. The second-order valence-electron chi connectivity index (χ2n) is 4.25. The Morgan fingerprint density at radius 1 is 1.06 bits per heavy atom. The van der Waals surface area contributed by atoms with Crippen LogP contribution >= 0.6 is 0 Å². The van der Waals surface area contributed by atoms with Crippen molar-refractivity contribution in [2.45, 2.75) is 13.0 Å². The van der Waals surface area contributed by atoms with Crippen molar-refractivity contribution >= 4 is 5.69 Å². The van der Waals surface area contributed by atoms with Crippen molar-refractivity contribution in [3.05, 3.63) is 65.2 Å². The number of aryl methyl sites for hydroxylation is 1. The zero-order valence-corrected chi connectivity index (χ0v) is 10.3. The van der Waals surface area contributed by atoms with Crippen molar-refractivity contribution < 1.29 is 0 Å². The number of anilines is 1. The van der Waals surface area contributed by atoms with Gasteiger partial charge >= 0.3 is 0 Å². The van der Waals surface area contributed by atoms with Crippen LogP contribution in [-0.2, 0) is 0 Å². The van der Waals surface area contributed by atoms with Gasteiger partial charge in [-0.3, -0.25) is 0 Å². The lowest BCUT2D eigenvalue weighted by Gasteiger charge is -2.19. The van der Waals surface area contributed by atoms with E-state index in [0.717, 1.165) is 5.69 Å². The smallest absolute Gasteiger partial charge is 0.0577 e. The minimum absolute atomic E-state index is 0.194. The van der Waals surface area contributed by atoms with Crippen molar-refractivity contribution in [2.24, 2.45) is 0 Å². The highest BCUT2D eigenvalue weighted by Crippen LogP contribution is 2.25. The third kappa shape index (κ3) is 2.48. The normalized spacial score (nSPS) is 12.4. The summed E-state index contributed by atoms with van der Waals surface area (Å²) in [5.41, 5.74) is 10.4. The zero-order valence-electron chi connectivity index (χ0n) is 10.3.